The minimum atomic E-state index is -0.631. The van der Waals surface area contributed by atoms with E-state index < -0.39 is 23.0 Å². The van der Waals surface area contributed by atoms with E-state index >= 15 is 0 Å². The minimum absolute atomic E-state index is 0.104. The van der Waals surface area contributed by atoms with Crippen molar-refractivity contribution in [3.05, 3.63) is 52.6 Å². The van der Waals surface area contributed by atoms with Crippen molar-refractivity contribution in [1.82, 2.24) is 4.90 Å². The highest BCUT2D eigenvalue weighted by atomic mass is 16.6. The molecule has 1 amide bonds. The molecule has 0 aromatic heterocycles. The van der Waals surface area contributed by atoms with Gasteiger partial charge in [-0.3, -0.25) is 19.7 Å². The van der Waals surface area contributed by atoms with Crippen LogP contribution in [0, 0.1) is 10.1 Å². The zero-order valence-corrected chi connectivity index (χ0v) is 17.2. The van der Waals surface area contributed by atoms with E-state index in [1.165, 1.54) is 36.1 Å². The molecule has 162 valence electrons. The van der Waals surface area contributed by atoms with Crippen LogP contribution in [-0.2, 0) is 14.3 Å². The molecular weight excluding hydrogens is 388 g/mol. The van der Waals surface area contributed by atoms with Crippen LogP contribution in [0.25, 0.3) is 0 Å². The molecule has 0 unspecified atom stereocenters. The van der Waals surface area contributed by atoms with Crippen molar-refractivity contribution < 1.29 is 24.0 Å². The van der Waals surface area contributed by atoms with Crippen LogP contribution in [0.3, 0.4) is 0 Å². The fraction of sp³-hybridized carbons (Fsp3) is 0.500. The summed E-state index contributed by atoms with van der Waals surface area (Å²) in [5, 5.41) is 10.7. The number of likely N-dealkylation sites (tertiary alicyclic amines) is 1. The summed E-state index contributed by atoms with van der Waals surface area (Å²) in [7, 11) is 0. The molecule has 1 heterocycles. The van der Waals surface area contributed by atoms with Crippen LogP contribution < -0.4 is 0 Å². The topological polar surface area (TPSA) is 107 Å². The molecular formula is C22H28N2O6. The number of nitro benzene ring substituents is 1. The number of nitro groups is 1. The van der Waals surface area contributed by atoms with E-state index in [1.54, 1.807) is 0 Å². The van der Waals surface area contributed by atoms with Crippen LogP contribution >= 0.6 is 0 Å². The van der Waals surface area contributed by atoms with E-state index in [9.17, 15) is 24.5 Å². The number of amides is 1. The number of hydrogen-bond donors (Lipinski definition) is 0. The summed E-state index contributed by atoms with van der Waals surface area (Å²) in [5.74, 6) is -0.871. The highest BCUT2D eigenvalue weighted by Gasteiger charge is 2.39. The van der Waals surface area contributed by atoms with Gasteiger partial charge < -0.3 is 9.64 Å². The molecule has 8 nitrogen and oxygen atoms in total. The third-order valence-electron chi connectivity index (χ3n) is 5.19. The van der Waals surface area contributed by atoms with Crippen molar-refractivity contribution in [3.8, 4) is 0 Å². The lowest BCUT2D eigenvalue weighted by molar-refractivity contribution is -0.384. The van der Waals surface area contributed by atoms with Gasteiger partial charge in [-0.2, -0.15) is 0 Å². The van der Waals surface area contributed by atoms with Crippen molar-refractivity contribution in [2.75, 3.05) is 6.54 Å². The quantitative estimate of drug-likeness (QED) is 0.178. The first-order valence-electron chi connectivity index (χ1n) is 10.2. The molecule has 0 radical (unpaired) electrons. The number of carbonyl (C=O) groups is 3. The maximum Gasteiger partial charge on any atom is 0.338 e. The van der Waals surface area contributed by atoms with Gasteiger partial charge in [-0.15, -0.1) is 6.58 Å². The fourth-order valence-electron chi connectivity index (χ4n) is 3.54. The molecule has 1 aliphatic rings. The van der Waals surface area contributed by atoms with Crippen molar-refractivity contribution in [2.45, 2.75) is 64.0 Å². The number of Topliss-reactive ketones (excluding diaryl/α,β-unsaturated/α-hetero) is 1. The highest BCUT2D eigenvalue weighted by molar-refractivity contribution is 5.90. The predicted octanol–water partition coefficient (Wildman–Crippen LogP) is 3.84. The second-order valence-corrected chi connectivity index (χ2v) is 7.48. The maximum atomic E-state index is 12.6. The molecule has 0 spiro atoms. The summed E-state index contributed by atoms with van der Waals surface area (Å²) in [6, 6.07) is 4.52. The molecule has 2 atom stereocenters. The zero-order chi connectivity index (χ0) is 22.1. The van der Waals surface area contributed by atoms with Gasteiger partial charge in [0.05, 0.1) is 23.1 Å². The van der Waals surface area contributed by atoms with Crippen LogP contribution in [0.2, 0.25) is 0 Å². The number of unbranched alkanes of at least 4 members (excludes halogenated alkanes) is 4. The summed E-state index contributed by atoms with van der Waals surface area (Å²) in [6.45, 7) is 5.30. The number of hydrogen-bond acceptors (Lipinski definition) is 6. The van der Waals surface area contributed by atoms with E-state index in [1.807, 2.05) is 6.08 Å². The SMILES string of the molecule is C=CCCCCCCC(=O)N1C[C@@H](OC(=O)c2ccc([N+](=O)[O-])cc2)C[C@H]1C(C)=O. The Balaban J connectivity index is 1.90. The lowest BCUT2D eigenvalue weighted by Gasteiger charge is -2.22. The summed E-state index contributed by atoms with van der Waals surface area (Å²) in [5.41, 5.74) is 0.0644. The third kappa shape index (κ3) is 6.50. The van der Waals surface area contributed by atoms with E-state index in [0.29, 0.717) is 6.42 Å². The Morgan fingerprint density at radius 1 is 1.20 bits per heavy atom. The average Bonchev–Trinajstić information content (AvgIpc) is 3.14. The monoisotopic (exact) mass is 416 g/mol. The smallest absolute Gasteiger partial charge is 0.338 e. The first-order chi connectivity index (χ1) is 14.3. The summed E-state index contributed by atoms with van der Waals surface area (Å²) < 4.78 is 5.46. The van der Waals surface area contributed by atoms with Gasteiger partial charge in [0.2, 0.25) is 5.91 Å². The van der Waals surface area contributed by atoms with E-state index in [4.69, 9.17) is 4.74 Å². The molecule has 1 aromatic carbocycles. The Kier molecular flexibility index (Phi) is 8.70. The number of ether oxygens (including phenoxy) is 1. The Bertz CT molecular complexity index is 789. The fourth-order valence-corrected chi connectivity index (χ4v) is 3.54. The predicted molar refractivity (Wildman–Crippen MR) is 111 cm³/mol. The van der Waals surface area contributed by atoms with Gasteiger partial charge in [0.25, 0.3) is 5.69 Å². The molecule has 8 heteroatoms. The molecule has 0 saturated carbocycles. The van der Waals surface area contributed by atoms with Crippen molar-refractivity contribution in [1.29, 1.82) is 0 Å². The van der Waals surface area contributed by atoms with E-state index in [-0.39, 0.29) is 35.9 Å². The molecule has 1 fully saturated rings. The number of non-ortho nitro benzene ring substituents is 1. The number of rotatable bonds is 11. The Morgan fingerprint density at radius 2 is 1.87 bits per heavy atom. The third-order valence-corrected chi connectivity index (χ3v) is 5.19. The summed E-state index contributed by atoms with van der Waals surface area (Å²) in [6.07, 6.45) is 6.67. The second kappa shape index (κ2) is 11.2. The zero-order valence-electron chi connectivity index (χ0n) is 17.2. The number of allylic oxidation sites excluding steroid dienone is 1. The van der Waals surface area contributed by atoms with Gasteiger partial charge in [0.1, 0.15) is 6.10 Å². The van der Waals surface area contributed by atoms with E-state index in [2.05, 4.69) is 6.58 Å². The van der Waals surface area contributed by atoms with Crippen LogP contribution in [0.15, 0.2) is 36.9 Å². The maximum absolute atomic E-state index is 12.6. The van der Waals surface area contributed by atoms with E-state index in [0.717, 1.165) is 32.1 Å². The number of esters is 1. The standard InChI is InChI=1S/C22H28N2O6/c1-3-4-5-6-7-8-9-21(26)23-15-19(14-20(23)16(2)25)30-22(27)17-10-12-18(13-11-17)24(28)29/h3,10-13,19-20H,1,4-9,14-15H2,2H3/t19-,20-/m0/s1. The van der Waals surface area contributed by atoms with Gasteiger partial charge >= 0.3 is 5.97 Å². The summed E-state index contributed by atoms with van der Waals surface area (Å²) in [4.78, 5) is 48.6. The second-order valence-electron chi connectivity index (χ2n) is 7.48. The molecule has 0 aliphatic carbocycles. The molecule has 30 heavy (non-hydrogen) atoms. The van der Waals surface area contributed by atoms with Gasteiger partial charge in [-0.25, -0.2) is 4.79 Å². The molecule has 0 N–H and O–H groups in total. The molecule has 1 aromatic rings. The Labute approximate surface area is 176 Å². The first-order valence-corrected chi connectivity index (χ1v) is 10.2. The molecule has 1 aliphatic heterocycles. The summed E-state index contributed by atoms with van der Waals surface area (Å²) >= 11 is 0. The minimum Gasteiger partial charge on any atom is -0.457 e. The van der Waals surface area contributed by atoms with Crippen LogP contribution in [0.4, 0.5) is 5.69 Å². The van der Waals surface area contributed by atoms with Crippen molar-refractivity contribution in [3.63, 3.8) is 0 Å². The normalized spacial score (nSPS) is 18.1. The lowest BCUT2D eigenvalue weighted by Crippen LogP contribution is -2.39. The first kappa shape index (κ1) is 23.3. The van der Waals surface area contributed by atoms with Crippen LogP contribution in [0.5, 0.6) is 0 Å². The van der Waals surface area contributed by atoms with Crippen molar-refractivity contribution in [2.24, 2.45) is 0 Å². The number of ketones is 1. The largest absolute Gasteiger partial charge is 0.457 e. The molecule has 1 saturated heterocycles. The lowest BCUT2D eigenvalue weighted by atomic mass is 10.1. The van der Waals surface area contributed by atoms with Gasteiger partial charge in [0, 0.05) is 25.0 Å². The molecule has 2 rings (SSSR count). The Morgan fingerprint density at radius 3 is 2.47 bits per heavy atom. The highest BCUT2D eigenvalue weighted by Crippen LogP contribution is 2.24. The van der Waals surface area contributed by atoms with Gasteiger partial charge in [-0.1, -0.05) is 18.9 Å². The van der Waals surface area contributed by atoms with Crippen LogP contribution in [-0.4, -0.2) is 46.2 Å². The van der Waals surface area contributed by atoms with Gasteiger partial charge in [0.15, 0.2) is 5.78 Å². The Hall–Kier alpha value is -3.03. The number of carbonyl (C=O) groups excluding carboxylic acids is 3. The number of nitrogens with zero attached hydrogens (tertiary/aromatic N) is 2. The molecule has 0 bridgehead atoms. The van der Waals surface area contributed by atoms with Gasteiger partial charge in [-0.05, 0) is 38.3 Å². The average molecular weight is 416 g/mol. The van der Waals surface area contributed by atoms with Crippen LogP contribution in [0.1, 0.15) is 62.2 Å². The number of benzene rings is 1. The van der Waals surface area contributed by atoms with Crippen molar-refractivity contribution >= 4 is 23.3 Å².